The van der Waals surface area contributed by atoms with Crippen LogP contribution in [0.4, 0.5) is 11.4 Å². The average Bonchev–Trinajstić information content (AvgIpc) is 3.41. The fraction of sp³-hybridized carbons (Fsp3) is 0.346. The molecule has 33 heavy (non-hydrogen) atoms. The molecular weight excluding hydrogens is 438 g/mol. The van der Waals surface area contributed by atoms with E-state index < -0.39 is 11.8 Å². The van der Waals surface area contributed by atoms with E-state index in [0.717, 1.165) is 55.4 Å². The number of unbranched alkanes of at least 4 members (excludes halogenated alkanes) is 1. The fourth-order valence-corrected chi connectivity index (χ4v) is 4.47. The molecule has 0 atom stereocenters. The second-order valence-electron chi connectivity index (χ2n) is 8.57. The van der Waals surface area contributed by atoms with Gasteiger partial charge in [-0.15, -0.1) is 0 Å². The van der Waals surface area contributed by atoms with Crippen molar-refractivity contribution in [3.05, 3.63) is 70.4 Å². The molecule has 2 aromatic carbocycles. The predicted molar refractivity (Wildman–Crippen MR) is 130 cm³/mol. The molecule has 3 amide bonds. The molecule has 0 aromatic heterocycles. The lowest BCUT2D eigenvalue weighted by molar-refractivity contribution is -0.120. The van der Waals surface area contributed by atoms with Gasteiger partial charge in [0.05, 0.1) is 5.69 Å². The summed E-state index contributed by atoms with van der Waals surface area (Å²) in [7, 11) is 0. The van der Waals surface area contributed by atoms with Gasteiger partial charge in [-0.3, -0.25) is 14.4 Å². The molecule has 7 heteroatoms. The van der Waals surface area contributed by atoms with Gasteiger partial charge in [0.25, 0.3) is 17.7 Å². The fourth-order valence-electron chi connectivity index (χ4n) is 4.26. The van der Waals surface area contributed by atoms with E-state index in [2.05, 4.69) is 17.6 Å². The van der Waals surface area contributed by atoms with Crippen LogP contribution in [0.1, 0.15) is 61.4 Å². The van der Waals surface area contributed by atoms with Crippen LogP contribution in [0.5, 0.6) is 0 Å². The number of aryl methyl sites for hydroxylation is 1. The number of nitrogens with one attached hydrogen (secondary N) is 2. The second kappa shape index (κ2) is 10.2. The van der Waals surface area contributed by atoms with Crippen molar-refractivity contribution in [3.63, 3.8) is 0 Å². The quantitative estimate of drug-likeness (QED) is 0.529. The Balaban J connectivity index is 1.47. The van der Waals surface area contributed by atoms with E-state index in [1.54, 1.807) is 36.4 Å². The Bertz CT molecular complexity index is 1090. The van der Waals surface area contributed by atoms with Crippen LogP contribution in [-0.4, -0.2) is 23.8 Å². The van der Waals surface area contributed by atoms with E-state index >= 15 is 0 Å². The number of anilines is 2. The van der Waals surface area contributed by atoms with E-state index in [1.165, 1.54) is 0 Å². The molecule has 4 rings (SSSR count). The summed E-state index contributed by atoms with van der Waals surface area (Å²) >= 11 is 6.26. The van der Waals surface area contributed by atoms with Gasteiger partial charge in [0.1, 0.15) is 10.7 Å². The summed E-state index contributed by atoms with van der Waals surface area (Å²) in [5.41, 5.74) is 2.64. The van der Waals surface area contributed by atoms with Crippen LogP contribution in [0.25, 0.3) is 0 Å². The van der Waals surface area contributed by atoms with Crippen molar-refractivity contribution in [3.8, 4) is 0 Å². The highest BCUT2D eigenvalue weighted by Gasteiger charge is 2.39. The molecule has 0 unspecified atom stereocenters. The minimum absolute atomic E-state index is 0.00470. The maximum atomic E-state index is 13.1. The molecule has 0 spiro atoms. The largest absolute Gasteiger partial charge is 0.350 e. The number of carbonyl (C=O) groups is 3. The maximum Gasteiger partial charge on any atom is 0.283 e. The molecule has 172 valence electrons. The summed E-state index contributed by atoms with van der Waals surface area (Å²) in [6.07, 6.45) is 7.40. The van der Waals surface area contributed by atoms with Crippen LogP contribution >= 0.6 is 11.6 Å². The summed E-state index contributed by atoms with van der Waals surface area (Å²) in [5.74, 6) is -1.24. The molecule has 2 aliphatic rings. The van der Waals surface area contributed by atoms with E-state index in [-0.39, 0.29) is 22.7 Å². The summed E-state index contributed by atoms with van der Waals surface area (Å²) < 4.78 is 0. The Labute approximate surface area is 199 Å². The second-order valence-corrected chi connectivity index (χ2v) is 8.94. The minimum Gasteiger partial charge on any atom is -0.350 e. The zero-order valence-electron chi connectivity index (χ0n) is 18.7. The lowest BCUT2D eigenvalue weighted by atomic mass is 10.1. The van der Waals surface area contributed by atoms with Gasteiger partial charge in [0.15, 0.2) is 0 Å². The lowest BCUT2D eigenvalue weighted by Crippen LogP contribution is -2.32. The Kier molecular flexibility index (Phi) is 7.14. The standard InChI is InChI=1S/C26H28ClN3O3/c1-2-3-7-17-12-14-21(15-13-17)30-25(32)22(27)23(26(30)33)28-20-11-6-8-18(16-20)24(31)29-19-9-4-5-10-19/h6,8,11-16,19,28H,2-5,7,9-10H2,1H3,(H,29,31). The monoisotopic (exact) mass is 465 g/mol. The molecule has 2 N–H and O–H groups in total. The van der Waals surface area contributed by atoms with Crippen molar-refractivity contribution >= 4 is 40.7 Å². The van der Waals surface area contributed by atoms with Crippen molar-refractivity contribution in [2.24, 2.45) is 0 Å². The Hall–Kier alpha value is -3.12. The predicted octanol–water partition coefficient (Wildman–Crippen LogP) is 5.14. The smallest absolute Gasteiger partial charge is 0.283 e. The number of nitrogens with zero attached hydrogens (tertiary/aromatic N) is 1. The molecule has 1 aliphatic heterocycles. The van der Waals surface area contributed by atoms with Crippen LogP contribution in [0, 0.1) is 0 Å². The van der Waals surface area contributed by atoms with Gasteiger partial charge in [0, 0.05) is 17.3 Å². The number of halogens is 1. The van der Waals surface area contributed by atoms with Crippen molar-refractivity contribution in [1.29, 1.82) is 0 Å². The molecule has 0 saturated heterocycles. The normalized spacial score (nSPS) is 16.6. The molecule has 1 aliphatic carbocycles. The summed E-state index contributed by atoms with van der Waals surface area (Å²) in [6.45, 7) is 2.13. The van der Waals surface area contributed by atoms with Crippen LogP contribution in [-0.2, 0) is 16.0 Å². The number of hydrogen-bond donors (Lipinski definition) is 2. The van der Waals surface area contributed by atoms with E-state index in [0.29, 0.717) is 16.9 Å². The van der Waals surface area contributed by atoms with Crippen molar-refractivity contribution in [2.45, 2.75) is 57.9 Å². The van der Waals surface area contributed by atoms with Crippen LogP contribution in [0.2, 0.25) is 0 Å². The van der Waals surface area contributed by atoms with Gasteiger partial charge in [-0.05, 0) is 61.6 Å². The third-order valence-corrected chi connectivity index (χ3v) is 6.48. The van der Waals surface area contributed by atoms with Crippen LogP contribution in [0.15, 0.2) is 59.3 Å². The highest BCUT2D eigenvalue weighted by Crippen LogP contribution is 2.30. The Morgan fingerprint density at radius 3 is 2.48 bits per heavy atom. The third-order valence-electron chi connectivity index (χ3n) is 6.13. The molecule has 6 nitrogen and oxygen atoms in total. The van der Waals surface area contributed by atoms with Gasteiger partial charge in [-0.25, -0.2) is 4.90 Å². The summed E-state index contributed by atoms with van der Waals surface area (Å²) in [5, 5.41) is 5.84. The van der Waals surface area contributed by atoms with Gasteiger partial charge in [0.2, 0.25) is 0 Å². The summed E-state index contributed by atoms with van der Waals surface area (Å²) in [6, 6.07) is 14.4. The molecule has 1 saturated carbocycles. The molecule has 0 radical (unpaired) electrons. The first kappa shape index (κ1) is 23.1. The third kappa shape index (κ3) is 5.11. The zero-order valence-corrected chi connectivity index (χ0v) is 19.5. The maximum absolute atomic E-state index is 13.1. The highest BCUT2D eigenvalue weighted by atomic mass is 35.5. The molecule has 1 fully saturated rings. The molecule has 0 bridgehead atoms. The topological polar surface area (TPSA) is 78.5 Å². The SMILES string of the molecule is CCCCc1ccc(N2C(=O)C(Cl)=C(Nc3cccc(C(=O)NC4CCCC4)c3)C2=O)cc1. The van der Waals surface area contributed by atoms with E-state index in [4.69, 9.17) is 11.6 Å². The number of benzene rings is 2. The van der Waals surface area contributed by atoms with Crippen molar-refractivity contribution in [2.75, 3.05) is 10.2 Å². The number of hydrogen-bond acceptors (Lipinski definition) is 4. The highest BCUT2D eigenvalue weighted by molar-refractivity contribution is 6.53. The first-order chi connectivity index (χ1) is 16.0. The molecule has 2 aromatic rings. The van der Waals surface area contributed by atoms with Gasteiger partial charge in [-0.1, -0.05) is 56.0 Å². The van der Waals surface area contributed by atoms with Crippen molar-refractivity contribution in [1.82, 2.24) is 5.32 Å². The minimum atomic E-state index is -0.569. The Morgan fingerprint density at radius 2 is 1.79 bits per heavy atom. The van der Waals surface area contributed by atoms with E-state index in [9.17, 15) is 14.4 Å². The number of rotatable bonds is 8. The van der Waals surface area contributed by atoms with Gasteiger partial charge < -0.3 is 10.6 Å². The lowest BCUT2D eigenvalue weighted by Gasteiger charge is -2.16. The van der Waals surface area contributed by atoms with Gasteiger partial charge >= 0.3 is 0 Å². The van der Waals surface area contributed by atoms with Crippen LogP contribution < -0.4 is 15.5 Å². The van der Waals surface area contributed by atoms with Crippen molar-refractivity contribution < 1.29 is 14.4 Å². The average molecular weight is 466 g/mol. The first-order valence-corrected chi connectivity index (χ1v) is 11.9. The van der Waals surface area contributed by atoms with E-state index in [1.807, 2.05) is 12.1 Å². The Morgan fingerprint density at radius 1 is 1.06 bits per heavy atom. The molecular formula is C26H28ClN3O3. The van der Waals surface area contributed by atoms with Crippen LogP contribution in [0.3, 0.4) is 0 Å². The zero-order chi connectivity index (χ0) is 23.4. The molecule has 1 heterocycles. The summed E-state index contributed by atoms with van der Waals surface area (Å²) in [4.78, 5) is 39.5. The van der Waals surface area contributed by atoms with Gasteiger partial charge in [-0.2, -0.15) is 0 Å². The number of amides is 3. The number of carbonyl (C=O) groups excluding carboxylic acids is 3. The number of imide groups is 1. The first-order valence-electron chi connectivity index (χ1n) is 11.5.